The van der Waals surface area contributed by atoms with Crippen LogP contribution in [-0.2, 0) is 4.74 Å². The zero-order chi connectivity index (χ0) is 10.1. The van der Waals surface area contributed by atoms with Crippen molar-refractivity contribution in [1.29, 1.82) is 0 Å². The fourth-order valence-electron chi connectivity index (χ4n) is 1.59. The number of rotatable bonds is 1. The lowest BCUT2D eigenvalue weighted by Crippen LogP contribution is -2.36. The monoisotopic (exact) mass is 200 g/mol. The van der Waals surface area contributed by atoms with E-state index < -0.39 is 18.6 Å². The van der Waals surface area contributed by atoms with Crippen molar-refractivity contribution < 1.29 is 22.3 Å². The van der Waals surface area contributed by atoms with Gasteiger partial charge in [-0.3, -0.25) is 4.74 Å². The Morgan fingerprint density at radius 1 is 1.23 bits per heavy atom. The van der Waals surface area contributed by atoms with Crippen LogP contribution in [0.25, 0.3) is 0 Å². The van der Waals surface area contributed by atoms with Gasteiger partial charge in [-0.1, -0.05) is 6.92 Å². The summed E-state index contributed by atoms with van der Waals surface area (Å²) < 4.78 is 51.8. The standard InChI is InChI=1S/C8H12F4O/c1-5-2-3-7(6(9)4-5)13-8(10,11)12/h5-7H,2-4H2,1H3. The molecule has 0 radical (unpaired) electrons. The molecule has 0 aromatic heterocycles. The molecule has 0 amide bonds. The Kier molecular flexibility index (Phi) is 3.16. The molecule has 1 fully saturated rings. The van der Waals surface area contributed by atoms with Crippen molar-refractivity contribution in [2.75, 3.05) is 0 Å². The molecule has 1 aliphatic rings. The van der Waals surface area contributed by atoms with Crippen molar-refractivity contribution in [2.45, 2.75) is 44.8 Å². The normalized spacial score (nSPS) is 36.2. The Labute approximate surface area is 74.1 Å². The van der Waals surface area contributed by atoms with E-state index in [0.29, 0.717) is 6.42 Å². The molecule has 1 saturated carbocycles. The van der Waals surface area contributed by atoms with E-state index in [1.165, 1.54) is 0 Å². The average molecular weight is 200 g/mol. The number of halogens is 4. The minimum Gasteiger partial charge on any atom is -0.286 e. The van der Waals surface area contributed by atoms with E-state index in [1.54, 1.807) is 0 Å². The molecule has 3 unspecified atom stereocenters. The van der Waals surface area contributed by atoms with Crippen molar-refractivity contribution in [3.05, 3.63) is 0 Å². The lowest BCUT2D eigenvalue weighted by atomic mass is 9.87. The average Bonchev–Trinajstić information content (AvgIpc) is 1.93. The van der Waals surface area contributed by atoms with Gasteiger partial charge in [0.1, 0.15) is 6.17 Å². The van der Waals surface area contributed by atoms with Crippen LogP contribution < -0.4 is 0 Å². The summed E-state index contributed by atoms with van der Waals surface area (Å²) in [6.45, 7) is 1.83. The highest BCUT2D eigenvalue weighted by Crippen LogP contribution is 2.32. The maximum atomic E-state index is 13.0. The second-order valence-corrected chi connectivity index (χ2v) is 3.54. The fourth-order valence-corrected chi connectivity index (χ4v) is 1.59. The minimum absolute atomic E-state index is 0.155. The first-order valence-corrected chi connectivity index (χ1v) is 4.27. The molecule has 0 heterocycles. The molecule has 0 N–H and O–H groups in total. The van der Waals surface area contributed by atoms with Crippen molar-refractivity contribution in [1.82, 2.24) is 0 Å². The Balaban J connectivity index is 2.43. The predicted molar refractivity (Wildman–Crippen MR) is 38.8 cm³/mol. The van der Waals surface area contributed by atoms with E-state index in [4.69, 9.17) is 0 Å². The van der Waals surface area contributed by atoms with E-state index in [9.17, 15) is 17.6 Å². The van der Waals surface area contributed by atoms with Gasteiger partial charge in [0.05, 0.1) is 6.10 Å². The molecule has 0 aromatic carbocycles. The molecule has 5 heteroatoms. The predicted octanol–water partition coefficient (Wildman–Crippen LogP) is 3.05. The quantitative estimate of drug-likeness (QED) is 0.591. The van der Waals surface area contributed by atoms with Gasteiger partial charge in [0, 0.05) is 0 Å². The molecule has 1 rings (SSSR count). The number of ether oxygens (including phenoxy) is 1. The van der Waals surface area contributed by atoms with Gasteiger partial charge >= 0.3 is 6.36 Å². The topological polar surface area (TPSA) is 9.23 Å². The van der Waals surface area contributed by atoms with Crippen LogP contribution in [0.15, 0.2) is 0 Å². The minimum atomic E-state index is -4.71. The second kappa shape index (κ2) is 3.82. The van der Waals surface area contributed by atoms with Crippen LogP contribution in [-0.4, -0.2) is 18.6 Å². The third-order valence-corrected chi connectivity index (χ3v) is 2.26. The van der Waals surface area contributed by atoms with Crippen LogP contribution in [0, 0.1) is 5.92 Å². The lowest BCUT2D eigenvalue weighted by Gasteiger charge is -2.30. The largest absolute Gasteiger partial charge is 0.522 e. The van der Waals surface area contributed by atoms with Crippen molar-refractivity contribution in [3.63, 3.8) is 0 Å². The van der Waals surface area contributed by atoms with E-state index in [-0.39, 0.29) is 18.8 Å². The molecule has 78 valence electrons. The third-order valence-electron chi connectivity index (χ3n) is 2.26. The Hall–Kier alpha value is -0.320. The van der Waals surface area contributed by atoms with E-state index in [2.05, 4.69) is 4.74 Å². The van der Waals surface area contributed by atoms with Crippen LogP contribution >= 0.6 is 0 Å². The van der Waals surface area contributed by atoms with Crippen LogP contribution in [0.3, 0.4) is 0 Å². The molecule has 0 aromatic rings. The Morgan fingerprint density at radius 3 is 2.31 bits per heavy atom. The molecule has 1 nitrogen and oxygen atoms in total. The molecule has 0 bridgehead atoms. The van der Waals surface area contributed by atoms with Gasteiger partial charge in [0.2, 0.25) is 0 Å². The molecular formula is C8H12F4O. The first-order chi connectivity index (χ1) is 5.88. The fraction of sp³-hybridized carbons (Fsp3) is 1.00. The van der Waals surface area contributed by atoms with Gasteiger partial charge < -0.3 is 0 Å². The zero-order valence-corrected chi connectivity index (χ0v) is 7.27. The summed E-state index contributed by atoms with van der Waals surface area (Å²) in [4.78, 5) is 0. The highest BCUT2D eigenvalue weighted by Gasteiger charge is 2.39. The number of hydrogen-bond donors (Lipinski definition) is 0. The molecule has 13 heavy (non-hydrogen) atoms. The Morgan fingerprint density at radius 2 is 1.85 bits per heavy atom. The summed E-state index contributed by atoms with van der Waals surface area (Å²) in [6, 6.07) is 0. The summed E-state index contributed by atoms with van der Waals surface area (Å²) in [5.74, 6) is 0.156. The summed E-state index contributed by atoms with van der Waals surface area (Å²) in [5, 5.41) is 0. The molecular weight excluding hydrogens is 188 g/mol. The third kappa shape index (κ3) is 3.50. The summed E-state index contributed by atoms with van der Waals surface area (Å²) in [6.07, 6.45) is -6.57. The number of hydrogen-bond acceptors (Lipinski definition) is 1. The van der Waals surface area contributed by atoms with Gasteiger partial charge in [0.15, 0.2) is 0 Å². The van der Waals surface area contributed by atoms with Gasteiger partial charge in [0.25, 0.3) is 0 Å². The number of alkyl halides is 4. The van der Waals surface area contributed by atoms with Gasteiger partial charge in [-0.25, -0.2) is 4.39 Å². The van der Waals surface area contributed by atoms with Gasteiger partial charge in [-0.15, -0.1) is 13.2 Å². The van der Waals surface area contributed by atoms with Crippen LogP contribution in [0.4, 0.5) is 17.6 Å². The molecule has 3 atom stereocenters. The van der Waals surface area contributed by atoms with Gasteiger partial charge in [-0.05, 0) is 25.2 Å². The van der Waals surface area contributed by atoms with Crippen LogP contribution in [0.1, 0.15) is 26.2 Å². The molecule has 1 aliphatic carbocycles. The second-order valence-electron chi connectivity index (χ2n) is 3.54. The smallest absolute Gasteiger partial charge is 0.286 e. The van der Waals surface area contributed by atoms with Gasteiger partial charge in [-0.2, -0.15) is 0 Å². The molecule has 0 aliphatic heterocycles. The van der Waals surface area contributed by atoms with Crippen LogP contribution in [0.2, 0.25) is 0 Å². The highest BCUT2D eigenvalue weighted by atomic mass is 19.4. The summed E-state index contributed by atoms with van der Waals surface area (Å²) in [7, 11) is 0. The summed E-state index contributed by atoms with van der Waals surface area (Å²) in [5.41, 5.74) is 0. The molecule has 0 spiro atoms. The maximum Gasteiger partial charge on any atom is 0.522 e. The zero-order valence-electron chi connectivity index (χ0n) is 7.27. The summed E-state index contributed by atoms with van der Waals surface area (Å²) >= 11 is 0. The van der Waals surface area contributed by atoms with Crippen molar-refractivity contribution in [3.8, 4) is 0 Å². The van der Waals surface area contributed by atoms with Crippen molar-refractivity contribution in [2.24, 2.45) is 5.92 Å². The first-order valence-electron chi connectivity index (χ1n) is 4.27. The van der Waals surface area contributed by atoms with E-state index in [0.717, 1.165) is 0 Å². The highest BCUT2D eigenvalue weighted by molar-refractivity contribution is 4.79. The van der Waals surface area contributed by atoms with Crippen molar-refractivity contribution >= 4 is 0 Å². The van der Waals surface area contributed by atoms with E-state index in [1.807, 2.05) is 6.92 Å². The Bertz CT molecular complexity index is 168. The van der Waals surface area contributed by atoms with E-state index >= 15 is 0 Å². The SMILES string of the molecule is CC1CCC(OC(F)(F)F)C(F)C1. The molecule has 0 saturated heterocycles. The maximum absolute atomic E-state index is 13.0. The lowest BCUT2D eigenvalue weighted by molar-refractivity contribution is -0.351. The first kappa shape index (κ1) is 10.8. The van der Waals surface area contributed by atoms with Crippen LogP contribution in [0.5, 0.6) is 0 Å².